The first-order chi connectivity index (χ1) is 8.40. The molecule has 18 heavy (non-hydrogen) atoms. The molecule has 9 heteroatoms. The first-order valence-electron chi connectivity index (χ1n) is 4.85. The largest absolute Gasteiger partial charge is 0.445 e. The van der Waals surface area contributed by atoms with E-state index in [0.29, 0.717) is 5.03 Å². The van der Waals surface area contributed by atoms with Crippen LogP contribution < -0.4 is 5.48 Å². The molecule has 0 aromatic carbocycles. The molecule has 0 aromatic rings. The van der Waals surface area contributed by atoms with Gasteiger partial charge in [-0.3, -0.25) is 0 Å². The van der Waals surface area contributed by atoms with Crippen molar-refractivity contribution in [1.82, 2.24) is 14.2 Å². The summed E-state index contributed by atoms with van der Waals surface area (Å²) in [4.78, 5) is 16.3. The number of hydrogen-bond acceptors (Lipinski definition) is 8. The van der Waals surface area contributed by atoms with Crippen LogP contribution >= 0.6 is 35.7 Å². The Morgan fingerprint density at radius 1 is 1.33 bits per heavy atom. The molecule has 0 fully saturated rings. The molecule has 104 valence electrons. The van der Waals surface area contributed by atoms with Gasteiger partial charge in [-0.15, -0.1) is 23.5 Å². The summed E-state index contributed by atoms with van der Waals surface area (Å²) in [7, 11) is 3.35. The highest BCUT2D eigenvalue weighted by Crippen LogP contribution is 2.15. The van der Waals surface area contributed by atoms with Gasteiger partial charge in [-0.05, 0) is 19.4 Å². The molecule has 0 spiro atoms. The van der Waals surface area contributed by atoms with Gasteiger partial charge in [0.1, 0.15) is 0 Å². The molecule has 1 amide bonds. The summed E-state index contributed by atoms with van der Waals surface area (Å²) in [5.41, 5.74) is 2.44. The van der Waals surface area contributed by atoms with E-state index in [1.54, 1.807) is 18.5 Å². The number of carbonyl (C=O) groups excluding carboxylic acids is 1. The van der Waals surface area contributed by atoms with Crippen LogP contribution in [0.1, 0.15) is 6.92 Å². The zero-order chi connectivity index (χ0) is 14.1. The van der Waals surface area contributed by atoms with Gasteiger partial charge in [-0.1, -0.05) is 6.58 Å². The number of hydrogen-bond donors (Lipinski definition) is 1. The second-order valence-electron chi connectivity index (χ2n) is 2.96. The van der Waals surface area contributed by atoms with Crippen LogP contribution in [-0.2, 0) is 4.84 Å². The van der Waals surface area contributed by atoms with Gasteiger partial charge < -0.3 is 4.84 Å². The zero-order valence-electron chi connectivity index (χ0n) is 11.1. The Hall–Kier alpha value is -0.670. The molecule has 0 saturated carbocycles. The Bertz CT molecular complexity index is 325. The number of thioether (sulfide) groups is 2. The summed E-state index contributed by atoms with van der Waals surface area (Å²) in [6, 6.07) is 0. The quantitative estimate of drug-likeness (QED) is 0.350. The van der Waals surface area contributed by atoms with E-state index >= 15 is 0 Å². The van der Waals surface area contributed by atoms with Crippen molar-refractivity contribution in [2.24, 2.45) is 5.10 Å². The van der Waals surface area contributed by atoms with E-state index in [-0.39, 0.29) is 0 Å². The lowest BCUT2D eigenvalue weighted by Crippen LogP contribution is -2.29. The molecule has 0 radical (unpaired) electrons. The predicted molar refractivity (Wildman–Crippen MR) is 82.0 cm³/mol. The minimum Gasteiger partial charge on any atom is -0.323 e. The molecule has 0 aromatic heterocycles. The van der Waals surface area contributed by atoms with Crippen LogP contribution in [0.3, 0.4) is 0 Å². The maximum atomic E-state index is 11.5. The molecule has 0 atom stereocenters. The first kappa shape index (κ1) is 17.3. The van der Waals surface area contributed by atoms with Gasteiger partial charge in [0.05, 0.1) is 22.2 Å². The van der Waals surface area contributed by atoms with E-state index in [2.05, 4.69) is 17.2 Å². The van der Waals surface area contributed by atoms with E-state index in [1.807, 2.05) is 19.4 Å². The Balaban J connectivity index is 4.11. The fourth-order valence-electron chi connectivity index (χ4n) is 0.674. The maximum Gasteiger partial charge on any atom is 0.445 e. The van der Waals surface area contributed by atoms with Gasteiger partial charge in [-0.2, -0.15) is 5.10 Å². The van der Waals surface area contributed by atoms with Gasteiger partial charge in [-0.25, -0.2) is 19.0 Å². The van der Waals surface area contributed by atoms with Crippen LogP contribution in [0.15, 0.2) is 16.7 Å². The van der Waals surface area contributed by atoms with E-state index < -0.39 is 6.09 Å². The van der Waals surface area contributed by atoms with Crippen molar-refractivity contribution >= 4 is 46.8 Å². The summed E-state index contributed by atoms with van der Waals surface area (Å²) in [5, 5.41) is 5.68. The van der Waals surface area contributed by atoms with Crippen LogP contribution in [0, 0.1) is 0 Å². The van der Waals surface area contributed by atoms with Gasteiger partial charge in [0.15, 0.2) is 0 Å². The maximum absolute atomic E-state index is 11.5. The van der Waals surface area contributed by atoms with Gasteiger partial charge in [0, 0.05) is 14.1 Å². The summed E-state index contributed by atoms with van der Waals surface area (Å²) in [5.74, 6) is 0. The number of nitrogens with one attached hydrogen (secondary N) is 1. The molecular formula is C9H18N4O2S3. The summed E-state index contributed by atoms with van der Waals surface area (Å²) < 4.78 is 2.90. The van der Waals surface area contributed by atoms with Gasteiger partial charge in [0.2, 0.25) is 0 Å². The molecule has 0 aliphatic heterocycles. The fraction of sp³-hybridized carbons (Fsp3) is 0.556. The number of amides is 1. The number of carbonyl (C=O) groups is 1. The number of rotatable bonds is 6. The Morgan fingerprint density at radius 2 is 1.94 bits per heavy atom. The Labute approximate surface area is 121 Å². The topological polar surface area (TPSA) is 57.2 Å². The lowest BCUT2D eigenvalue weighted by Gasteiger charge is -2.20. The minimum atomic E-state index is -0.529. The Morgan fingerprint density at radius 3 is 2.44 bits per heavy atom. The van der Waals surface area contributed by atoms with Crippen molar-refractivity contribution in [2.75, 3.05) is 26.6 Å². The first-order valence-corrected chi connectivity index (χ1v) is 8.03. The van der Waals surface area contributed by atoms with Crippen LogP contribution in [0.25, 0.3) is 0 Å². The molecule has 0 bridgehead atoms. The number of hydrazone groups is 1. The molecule has 6 nitrogen and oxygen atoms in total. The lowest BCUT2D eigenvalue weighted by molar-refractivity contribution is 0.0968. The highest BCUT2D eigenvalue weighted by molar-refractivity contribution is 8.13. The standard InChI is InChI=1S/C9H18N4O2S3/c1-7(16-5)10-13(4)18-12(3)9(14)15-11-8(2)17-6/h11H,2H2,1,3-6H3. The third-order valence-electron chi connectivity index (χ3n) is 1.57. The van der Waals surface area contributed by atoms with Crippen molar-refractivity contribution in [3.05, 3.63) is 11.6 Å². The smallest absolute Gasteiger partial charge is 0.323 e. The monoisotopic (exact) mass is 310 g/mol. The van der Waals surface area contributed by atoms with Crippen molar-refractivity contribution < 1.29 is 9.63 Å². The SMILES string of the molecule is C=C(NOC(=O)N(C)SN(C)N=C(C)SC)SC. The van der Waals surface area contributed by atoms with E-state index in [1.165, 1.54) is 27.8 Å². The van der Waals surface area contributed by atoms with Crippen molar-refractivity contribution in [3.63, 3.8) is 0 Å². The highest BCUT2D eigenvalue weighted by Gasteiger charge is 2.13. The van der Waals surface area contributed by atoms with Gasteiger partial charge in [0.25, 0.3) is 0 Å². The molecule has 0 heterocycles. The molecule has 1 N–H and O–H groups in total. The molecule has 0 aliphatic carbocycles. The van der Waals surface area contributed by atoms with Gasteiger partial charge >= 0.3 is 6.09 Å². The molecule has 0 unspecified atom stereocenters. The second-order valence-corrected chi connectivity index (χ2v) is 6.10. The van der Waals surface area contributed by atoms with Crippen molar-refractivity contribution in [2.45, 2.75) is 6.92 Å². The highest BCUT2D eigenvalue weighted by atomic mass is 32.2. The van der Waals surface area contributed by atoms with Crippen LogP contribution in [0.2, 0.25) is 0 Å². The number of nitrogens with zero attached hydrogens (tertiary/aromatic N) is 3. The second kappa shape index (κ2) is 9.29. The predicted octanol–water partition coefficient (Wildman–Crippen LogP) is 2.59. The van der Waals surface area contributed by atoms with E-state index in [9.17, 15) is 4.79 Å². The van der Waals surface area contributed by atoms with E-state index in [0.717, 1.165) is 17.2 Å². The molecular weight excluding hydrogens is 292 g/mol. The average Bonchev–Trinajstić information content (AvgIpc) is 2.34. The normalized spacial score (nSPS) is 10.8. The molecule has 0 aliphatic rings. The lowest BCUT2D eigenvalue weighted by atomic mass is 10.9. The van der Waals surface area contributed by atoms with Crippen LogP contribution in [0.4, 0.5) is 4.79 Å². The third-order valence-corrected chi connectivity index (χ3v) is 3.53. The minimum absolute atomic E-state index is 0.529. The molecule has 0 rings (SSSR count). The van der Waals surface area contributed by atoms with Crippen LogP contribution in [0.5, 0.6) is 0 Å². The van der Waals surface area contributed by atoms with Crippen molar-refractivity contribution in [3.8, 4) is 0 Å². The fourth-order valence-corrected chi connectivity index (χ4v) is 1.67. The number of hydroxylamine groups is 1. The summed E-state index contributed by atoms with van der Waals surface area (Å²) >= 11 is 4.03. The third kappa shape index (κ3) is 7.62. The summed E-state index contributed by atoms with van der Waals surface area (Å²) in [6.45, 7) is 5.52. The average molecular weight is 310 g/mol. The summed E-state index contributed by atoms with van der Waals surface area (Å²) in [6.07, 6.45) is 3.24. The zero-order valence-corrected chi connectivity index (χ0v) is 13.5. The Kier molecular flexibility index (Phi) is 8.94. The molecule has 0 saturated heterocycles. The van der Waals surface area contributed by atoms with Crippen molar-refractivity contribution in [1.29, 1.82) is 0 Å². The van der Waals surface area contributed by atoms with E-state index in [4.69, 9.17) is 4.84 Å². The van der Waals surface area contributed by atoms with Crippen LogP contribution in [-0.4, -0.2) is 46.5 Å².